The smallest absolute Gasteiger partial charge is 0.312 e. The minimum Gasteiger partial charge on any atom is -0.481 e. The summed E-state index contributed by atoms with van der Waals surface area (Å²) in [5, 5.41) is 12.1. The van der Waals surface area contributed by atoms with Crippen LogP contribution < -0.4 is 11.1 Å². The second kappa shape index (κ2) is 6.54. The van der Waals surface area contributed by atoms with Crippen LogP contribution in [0.15, 0.2) is 0 Å². The molecule has 22 heavy (non-hydrogen) atoms. The van der Waals surface area contributed by atoms with Gasteiger partial charge in [-0.2, -0.15) is 0 Å². The summed E-state index contributed by atoms with van der Waals surface area (Å²) in [6.45, 7) is 2.72. The van der Waals surface area contributed by atoms with Crippen LogP contribution in [0.4, 0.5) is 4.79 Å². The monoisotopic (exact) mass is 311 g/mol. The molecule has 1 heterocycles. The third-order valence-corrected chi connectivity index (χ3v) is 5.07. The molecule has 0 aromatic heterocycles. The van der Waals surface area contributed by atoms with E-state index in [1.165, 1.54) is 0 Å². The number of aliphatic carboxylic acids is 1. The van der Waals surface area contributed by atoms with Crippen LogP contribution >= 0.6 is 0 Å². The first-order chi connectivity index (χ1) is 10.4. The molecule has 3 amide bonds. The van der Waals surface area contributed by atoms with Crippen molar-refractivity contribution in [3.8, 4) is 0 Å². The second-order valence-corrected chi connectivity index (χ2v) is 6.47. The second-order valence-electron chi connectivity index (χ2n) is 6.47. The molecule has 0 spiro atoms. The number of nitrogens with two attached hydrogens (primary N) is 1. The van der Waals surface area contributed by atoms with E-state index in [0.717, 1.165) is 25.7 Å². The number of fused-ring (bicyclic) bond motifs is 1. The third-order valence-electron chi connectivity index (χ3n) is 5.07. The van der Waals surface area contributed by atoms with Crippen LogP contribution in [-0.4, -0.2) is 47.0 Å². The molecular weight excluding hydrogens is 286 g/mol. The van der Waals surface area contributed by atoms with Gasteiger partial charge in [0.2, 0.25) is 5.91 Å². The highest BCUT2D eigenvalue weighted by Crippen LogP contribution is 2.49. The topological polar surface area (TPSA) is 113 Å². The zero-order chi connectivity index (χ0) is 16.3. The predicted molar refractivity (Wildman–Crippen MR) is 80.0 cm³/mol. The van der Waals surface area contributed by atoms with Crippen molar-refractivity contribution in [1.29, 1.82) is 0 Å². The number of carbonyl (C=O) groups is 3. The summed E-state index contributed by atoms with van der Waals surface area (Å²) < 4.78 is 0. The van der Waals surface area contributed by atoms with Gasteiger partial charge in [-0.15, -0.1) is 0 Å². The number of carboxylic acids is 1. The van der Waals surface area contributed by atoms with Gasteiger partial charge in [-0.25, -0.2) is 4.79 Å². The first kappa shape index (κ1) is 16.6. The molecule has 4 N–H and O–H groups in total. The van der Waals surface area contributed by atoms with E-state index < -0.39 is 23.5 Å². The zero-order valence-corrected chi connectivity index (χ0v) is 13.0. The van der Waals surface area contributed by atoms with Crippen molar-refractivity contribution in [3.63, 3.8) is 0 Å². The third kappa shape index (κ3) is 3.03. The maximum Gasteiger partial charge on any atom is 0.312 e. The van der Waals surface area contributed by atoms with Crippen LogP contribution in [-0.2, 0) is 9.59 Å². The number of hydrogen-bond donors (Lipinski definition) is 3. The number of primary amides is 1. The van der Waals surface area contributed by atoms with Crippen LogP contribution in [0.2, 0.25) is 0 Å². The van der Waals surface area contributed by atoms with Gasteiger partial charge in [-0.3, -0.25) is 9.59 Å². The van der Waals surface area contributed by atoms with Crippen molar-refractivity contribution >= 4 is 17.9 Å². The summed E-state index contributed by atoms with van der Waals surface area (Å²) in [7, 11) is 0. The van der Waals surface area contributed by atoms with Crippen molar-refractivity contribution in [2.24, 2.45) is 17.1 Å². The summed E-state index contributed by atoms with van der Waals surface area (Å²) in [5.41, 5.74) is 4.36. The van der Waals surface area contributed by atoms with Crippen LogP contribution in [0.25, 0.3) is 0 Å². The van der Waals surface area contributed by atoms with E-state index in [-0.39, 0.29) is 18.4 Å². The van der Waals surface area contributed by atoms with E-state index in [9.17, 15) is 19.5 Å². The molecule has 7 nitrogen and oxygen atoms in total. The minimum atomic E-state index is -0.807. The Kier molecular flexibility index (Phi) is 4.93. The molecular formula is C15H25N3O4. The molecule has 0 aromatic rings. The quantitative estimate of drug-likeness (QED) is 0.677. The van der Waals surface area contributed by atoms with E-state index in [1.54, 1.807) is 4.90 Å². The Labute approximate surface area is 130 Å². The maximum atomic E-state index is 12.6. The molecule has 2 rings (SSSR count). The molecule has 1 aliphatic carbocycles. The molecule has 1 saturated heterocycles. The van der Waals surface area contributed by atoms with E-state index in [0.29, 0.717) is 19.4 Å². The summed E-state index contributed by atoms with van der Waals surface area (Å²) in [5.74, 6) is -0.991. The fourth-order valence-electron chi connectivity index (χ4n) is 3.86. The number of rotatable bonds is 6. The number of unbranched alkanes of at least 4 members (excludes halogenated alkanes) is 1. The first-order valence-electron chi connectivity index (χ1n) is 7.99. The number of carboxylic acid groups (broad SMARTS) is 1. The summed E-state index contributed by atoms with van der Waals surface area (Å²) in [4.78, 5) is 37.0. The van der Waals surface area contributed by atoms with Crippen molar-refractivity contribution < 1.29 is 19.5 Å². The number of nitrogens with one attached hydrogen (secondary N) is 1. The first-order valence-corrected chi connectivity index (χ1v) is 7.99. The molecule has 124 valence electrons. The van der Waals surface area contributed by atoms with Crippen LogP contribution in [0.5, 0.6) is 0 Å². The number of hydrogen-bond acceptors (Lipinski definition) is 3. The van der Waals surface area contributed by atoms with Gasteiger partial charge >= 0.3 is 12.0 Å². The van der Waals surface area contributed by atoms with Gasteiger partial charge in [-0.05, 0) is 25.2 Å². The predicted octanol–water partition coefficient (Wildman–Crippen LogP) is 0.927. The van der Waals surface area contributed by atoms with Crippen molar-refractivity contribution in [2.45, 2.75) is 51.5 Å². The van der Waals surface area contributed by atoms with Gasteiger partial charge in [0.1, 0.15) is 6.04 Å². The SMILES string of the molecule is CCCCC(NC(N)=O)C(=O)N1C[C@@H]2CCC[C@@]2(C(=O)O)C1. The largest absolute Gasteiger partial charge is 0.481 e. The fraction of sp³-hybridized carbons (Fsp3) is 0.800. The zero-order valence-electron chi connectivity index (χ0n) is 13.0. The molecule has 2 fully saturated rings. The standard InChI is InChI=1S/C15H25N3O4/c1-2-3-6-11(17-14(16)22)12(19)18-8-10-5-4-7-15(10,9-18)13(20)21/h10-11H,2-9H2,1H3,(H,20,21)(H3,16,17,22)/t10-,11?,15+/m0/s1. The Morgan fingerprint density at radius 2 is 2.18 bits per heavy atom. The Bertz CT molecular complexity index is 468. The average molecular weight is 311 g/mol. The fourth-order valence-corrected chi connectivity index (χ4v) is 3.86. The van der Waals surface area contributed by atoms with Crippen molar-refractivity contribution in [1.82, 2.24) is 10.2 Å². The molecule has 1 aliphatic heterocycles. The Morgan fingerprint density at radius 3 is 2.73 bits per heavy atom. The van der Waals surface area contributed by atoms with Gasteiger partial charge in [0.25, 0.3) is 0 Å². The molecule has 3 atom stereocenters. The van der Waals surface area contributed by atoms with Gasteiger partial charge in [0.05, 0.1) is 5.41 Å². The lowest BCUT2D eigenvalue weighted by Crippen LogP contribution is -2.50. The highest BCUT2D eigenvalue weighted by atomic mass is 16.4. The van der Waals surface area contributed by atoms with Gasteiger partial charge < -0.3 is 21.1 Å². The average Bonchev–Trinajstić information content (AvgIpc) is 3.00. The molecule has 2 aliphatic rings. The highest BCUT2D eigenvalue weighted by Gasteiger charge is 2.56. The van der Waals surface area contributed by atoms with E-state index in [1.807, 2.05) is 6.92 Å². The summed E-state index contributed by atoms with van der Waals surface area (Å²) in [6.07, 6.45) is 4.61. The number of nitrogens with zero attached hydrogens (tertiary/aromatic N) is 1. The lowest BCUT2D eigenvalue weighted by Gasteiger charge is -2.26. The van der Waals surface area contributed by atoms with Gasteiger partial charge in [0.15, 0.2) is 0 Å². The normalized spacial score (nSPS) is 28.2. The van der Waals surface area contributed by atoms with Crippen molar-refractivity contribution in [3.05, 3.63) is 0 Å². The lowest BCUT2D eigenvalue weighted by molar-refractivity contribution is -0.149. The molecule has 0 bridgehead atoms. The van der Waals surface area contributed by atoms with Crippen LogP contribution in [0, 0.1) is 11.3 Å². The van der Waals surface area contributed by atoms with Crippen LogP contribution in [0.3, 0.4) is 0 Å². The molecule has 0 radical (unpaired) electrons. The van der Waals surface area contributed by atoms with Crippen molar-refractivity contribution in [2.75, 3.05) is 13.1 Å². The Morgan fingerprint density at radius 1 is 1.45 bits per heavy atom. The van der Waals surface area contributed by atoms with Gasteiger partial charge in [-0.1, -0.05) is 26.2 Å². The van der Waals surface area contributed by atoms with Crippen LogP contribution in [0.1, 0.15) is 45.4 Å². The number of urea groups is 1. The van der Waals surface area contributed by atoms with Gasteiger partial charge in [0, 0.05) is 13.1 Å². The number of likely N-dealkylation sites (tertiary alicyclic amines) is 1. The molecule has 7 heteroatoms. The van der Waals surface area contributed by atoms with E-state index in [4.69, 9.17) is 5.73 Å². The minimum absolute atomic E-state index is 0.0225. The maximum absolute atomic E-state index is 12.6. The van der Waals surface area contributed by atoms with E-state index in [2.05, 4.69) is 5.32 Å². The summed E-state index contributed by atoms with van der Waals surface area (Å²) in [6, 6.07) is -1.37. The number of carbonyl (C=O) groups excluding carboxylic acids is 2. The number of amides is 3. The summed E-state index contributed by atoms with van der Waals surface area (Å²) >= 11 is 0. The lowest BCUT2D eigenvalue weighted by atomic mass is 9.81. The molecule has 1 saturated carbocycles. The molecule has 0 aromatic carbocycles. The highest BCUT2D eigenvalue weighted by molar-refractivity contribution is 5.88. The van der Waals surface area contributed by atoms with E-state index >= 15 is 0 Å². The Hall–Kier alpha value is -1.79. The molecule has 1 unspecified atom stereocenters. The Balaban J connectivity index is 2.08.